The zero-order valence-corrected chi connectivity index (χ0v) is 10.1. The van der Waals surface area contributed by atoms with E-state index in [1.54, 1.807) is 24.3 Å². The summed E-state index contributed by atoms with van der Waals surface area (Å²) >= 11 is 0. The van der Waals surface area contributed by atoms with E-state index in [1.807, 2.05) is 0 Å². The quantitative estimate of drug-likeness (QED) is 0.867. The molecule has 19 heavy (non-hydrogen) atoms. The maximum absolute atomic E-state index is 12.2. The number of carbonyl (C=O) groups is 1. The maximum atomic E-state index is 12.2. The summed E-state index contributed by atoms with van der Waals surface area (Å²) in [6.07, 6.45) is -2.51. The van der Waals surface area contributed by atoms with Crippen LogP contribution in [0.5, 0.6) is 0 Å². The van der Waals surface area contributed by atoms with Crippen molar-refractivity contribution in [3.05, 3.63) is 35.4 Å². The van der Waals surface area contributed by atoms with E-state index in [4.69, 9.17) is 5.11 Å². The first-order chi connectivity index (χ1) is 8.88. The first kappa shape index (κ1) is 13.9. The molecule has 1 fully saturated rings. The maximum Gasteiger partial charge on any atom is 0.401 e. The molecule has 0 aliphatic heterocycles. The molecule has 0 heterocycles. The van der Waals surface area contributed by atoms with Crippen LogP contribution in [0.3, 0.4) is 0 Å². The van der Waals surface area contributed by atoms with Crippen LogP contribution in [0, 0.1) is 0 Å². The van der Waals surface area contributed by atoms with Crippen molar-refractivity contribution in [2.24, 2.45) is 0 Å². The molecular formula is C13H14F3NO2. The van der Waals surface area contributed by atoms with Gasteiger partial charge in [0.15, 0.2) is 0 Å². The van der Waals surface area contributed by atoms with Gasteiger partial charge in [0.1, 0.15) is 6.04 Å². The average molecular weight is 273 g/mol. The third-order valence-electron chi connectivity index (χ3n) is 3.08. The van der Waals surface area contributed by atoms with Gasteiger partial charge in [-0.1, -0.05) is 24.3 Å². The van der Waals surface area contributed by atoms with Crippen molar-refractivity contribution in [3.8, 4) is 0 Å². The smallest absolute Gasteiger partial charge is 0.401 e. The van der Waals surface area contributed by atoms with Gasteiger partial charge < -0.3 is 5.11 Å². The minimum Gasteiger partial charge on any atom is -0.480 e. The van der Waals surface area contributed by atoms with Gasteiger partial charge in [0.25, 0.3) is 0 Å². The predicted octanol–water partition coefficient (Wildman–Crippen LogP) is 2.84. The van der Waals surface area contributed by atoms with Gasteiger partial charge in [0.05, 0.1) is 6.54 Å². The van der Waals surface area contributed by atoms with Crippen molar-refractivity contribution < 1.29 is 23.1 Å². The van der Waals surface area contributed by atoms with Gasteiger partial charge in [0, 0.05) is 0 Å². The molecule has 104 valence electrons. The first-order valence-electron chi connectivity index (χ1n) is 6.00. The van der Waals surface area contributed by atoms with E-state index in [0.717, 1.165) is 18.4 Å². The molecule has 0 amide bonds. The summed E-state index contributed by atoms with van der Waals surface area (Å²) < 4.78 is 36.6. The standard InChI is InChI=1S/C13H14F3NO2/c14-13(15,16)7-17-11(12(18)19)10-4-2-1-3-9(10)8-5-6-8/h1-4,8,11,17H,5-7H2,(H,18,19). The molecule has 1 aliphatic carbocycles. The van der Waals surface area contributed by atoms with Gasteiger partial charge in [-0.25, -0.2) is 0 Å². The molecule has 0 aromatic heterocycles. The molecule has 0 bridgehead atoms. The van der Waals surface area contributed by atoms with Crippen molar-refractivity contribution in [2.45, 2.75) is 31.0 Å². The molecule has 2 rings (SSSR count). The topological polar surface area (TPSA) is 49.3 Å². The number of nitrogens with one attached hydrogen (secondary N) is 1. The van der Waals surface area contributed by atoms with E-state index in [0.29, 0.717) is 5.56 Å². The predicted molar refractivity (Wildman–Crippen MR) is 62.9 cm³/mol. The van der Waals surface area contributed by atoms with Crippen LogP contribution in [-0.2, 0) is 4.79 Å². The second-order valence-electron chi connectivity index (χ2n) is 4.67. The van der Waals surface area contributed by atoms with E-state index in [-0.39, 0.29) is 5.92 Å². The van der Waals surface area contributed by atoms with Crippen LogP contribution in [0.1, 0.15) is 35.9 Å². The molecule has 0 radical (unpaired) electrons. The molecule has 1 saturated carbocycles. The molecule has 1 aromatic rings. The molecule has 1 aromatic carbocycles. The number of aliphatic carboxylic acids is 1. The van der Waals surface area contributed by atoms with E-state index in [2.05, 4.69) is 5.32 Å². The molecule has 2 N–H and O–H groups in total. The van der Waals surface area contributed by atoms with E-state index in [9.17, 15) is 18.0 Å². The minimum absolute atomic E-state index is 0.283. The Hall–Kier alpha value is -1.56. The molecule has 6 heteroatoms. The Kier molecular flexibility index (Phi) is 3.80. The summed E-state index contributed by atoms with van der Waals surface area (Å²) in [5, 5.41) is 11.2. The zero-order valence-electron chi connectivity index (χ0n) is 10.1. The number of carboxylic acids is 1. The normalized spacial score (nSPS) is 17.2. The molecule has 1 unspecified atom stereocenters. The fourth-order valence-electron chi connectivity index (χ4n) is 2.09. The molecule has 1 atom stereocenters. The third kappa shape index (κ3) is 3.70. The molecule has 3 nitrogen and oxygen atoms in total. The van der Waals surface area contributed by atoms with E-state index in [1.165, 1.54) is 0 Å². The number of halogens is 3. The Balaban J connectivity index is 2.21. The molecule has 1 aliphatic rings. The SMILES string of the molecule is O=C(O)C(NCC(F)(F)F)c1ccccc1C1CC1. The number of benzene rings is 1. The van der Waals surface area contributed by atoms with Gasteiger partial charge in [-0.3, -0.25) is 10.1 Å². The average Bonchev–Trinajstić information content (AvgIpc) is 3.11. The Morgan fingerprint density at radius 1 is 1.37 bits per heavy atom. The van der Waals surface area contributed by atoms with Gasteiger partial charge in [0.2, 0.25) is 0 Å². The Morgan fingerprint density at radius 3 is 2.53 bits per heavy atom. The molecule has 0 saturated heterocycles. The summed E-state index contributed by atoms with van der Waals surface area (Å²) in [5.41, 5.74) is 1.27. The number of hydrogen-bond donors (Lipinski definition) is 2. The number of carboxylic acid groups (broad SMARTS) is 1. The highest BCUT2D eigenvalue weighted by Crippen LogP contribution is 2.43. The summed E-state index contributed by atoms with van der Waals surface area (Å²) in [6.45, 7) is -1.32. The highest BCUT2D eigenvalue weighted by atomic mass is 19.4. The lowest BCUT2D eigenvalue weighted by Crippen LogP contribution is -2.36. The number of alkyl halides is 3. The van der Waals surface area contributed by atoms with Crippen LogP contribution in [0.4, 0.5) is 13.2 Å². The minimum atomic E-state index is -4.43. The second-order valence-corrected chi connectivity index (χ2v) is 4.67. The Morgan fingerprint density at radius 2 is 2.00 bits per heavy atom. The van der Waals surface area contributed by atoms with Gasteiger partial charge in [-0.15, -0.1) is 0 Å². The third-order valence-corrected chi connectivity index (χ3v) is 3.08. The summed E-state index contributed by atoms with van der Waals surface area (Å²) in [5.74, 6) is -1.01. The van der Waals surface area contributed by atoms with Crippen LogP contribution in [-0.4, -0.2) is 23.8 Å². The van der Waals surface area contributed by atoms with Crippen LogP contribution in [0.15, 0.2) is 24.3 Å². The lowest BCUT2D eigenvalue weighted by atomic mass is 9.97. The molecule has 0 spiro atoms. The lowest BCUT2D eigenvalue weighted by Gasteiger charge is -2.19. The summed E-state index contributed by atoms with van der Waals surface area (Å²) in [4.78, 5) is 11.2. The van der Waals surface area contributed by atoms with Crippen molar-refractivity contribution in [1.82, 2.24) is 5.32 Å². The van der Waals surface area contributed by atoms with Crippen LogP contribution in [0.2, 0.25) is 0 Å². The summed E-state index contributed by atoms with van der Waals surface area (Å²) in [7, 11) is 0. The van der Waals surface area contributed by atoms with Gasteiger partial charge in [-0.05, 0) is 29.9 Å². The van der Waals surface area contributed by atoms with E-state index < -0.39 is 24.7 Å². The zero-order chi connectivity index (χ0) is 14.0. The fourth-order valence-corrected chi connectivity index (χ4v) is 2.09. The van der Waals surface area contributed by atoms with E-state index >= 15 is 0 Å². The second kappa shape index (κ2) is 5.21. The summed E-state index contributed by atoms with van der Waals surface area (Å²) in [6, 6.07) is 5.47. The largest absolute Gasteiger partial charge is 0.480 e. The van der Waals surface area contributed by atoms with Crippen molar-refractivity contribution in [1.29, 1.82) is 0 Å². The number of hydrogen-bond acceptors (Lipinski definition) is 2. The Bertz CT molecular complexity index is 469. The Labute approximate surface area is 108 Å². The van der Waals surface area contributed by atoms with Crippen molar-refractivity contribution in [2.75, 3.05) is 6.54 Å². The van der Waals surface area contributed by atoms with Crippen LogP contribution < -0.4 is 5.32 Å². The first-order valence-corrected chi connectivity index (χ1v) is 6.00. The van der Waals surface area contributed by atoms with Crippen LogP contribution >= 0.6 is 0 Å². The number of rotatable bonds is 5. The van der Waals surface area contributed by atoms with Crippen LogP contribution in [0.25, 0.3) is 0 Å². The highest BCUT2D eigenvalue weighted by Gasteiger charge is 2.34. The van der Waals surface area contributed by atoms with Gasteiger partial charge >= 0.3 is 12.1 Å². The fraction of sp³-hybridized carbons (Fsp3) is 0.462. The highest BCUT2D eigenvalue weighted by molar-refractivity contribution is 5.76. The van der Waals surface area contributed by atoms with Crippen molar-refractivity contribution in [3.63, 3.8) is 0 Å². The van der Waals surface area contributed by atoms with Gasteiger partial charge in [-0.2, -0.15) is 13.2 Å². The lowest BCUT2D eigenvalue weighted by molar-refractivity contribution is -0.143. The monoisotopic (exact) mass is 273 g/mol. The molecular weight excluding hydrogens is 259 g/mol. The van der Waals surface area contributed by atoms with Crippen molar-refractivity contribution >= 4 is 5.97 Å².